The van der Waals surface area contributed by atoms with Crippen molar-refractivity contribution in [3.05, 3.63) is 59.9 Å². The number of rotatable bonds is 5. The quantitative estimate of drug-likeness (QED) is 0.882. The topological polar surface area (TPSA) is 58.2 Å². The molecule has 2 aromatic carbocycles. The third-order valence-electron chi connectivity index (χ3n) is 4.23. The number of para-hydroxylation sites is 1. The van der Waals surface area contributed by atoms with E-state index in [1.165, 1.54) is 24.3 Å². The van der Waals surface area contributed by atoms with Crippen LogP contribution in [-0.4, -0.2) is 11.8 Å². The number of benzene rings is 2. The van der Waals surface area contributed by atoms with Crippen molar-refractivity contribution in [2.75, 3.05) is 10.6 Å². The van der Waals surface area contributed by atoms with Gasteiger partial charge in [0.2, 0.25) is 11.8 Å². The van der Waals surface area contributed by atoms with Crippen molar-refractivity contribution in [1.29, 1.82) is 0 Å². The Labute approximate surface area is 140 Å². The largest absolute Gasteiger partial charge is 0.326 e. The zero-order chi connectivity index (χ0) is 17.1. The first kappa shape index (κ1) is 16.2. The molecule has 0 aromatic heterocycles. The molecule has 1 aliphatic rings. The van der Waals surface area contributed by atoms with E-state index in [0.29, 0.717) is 12.1 Å². The van der Waals surface area contributed by atoms with Gasteiger partial charge in [-0.05, 0) is 48.7 Å². The van der Waals surface area contributed by atoms with E-state index < -0.39 is 0 Å². The molecule has 0 bridgehead atoms. The third kappa shape index (κ3) is 3.62. The maximum Gasteiger partial charge on any atom is 0.228 e. The van der Waals surface area contributed by atoms with Gasteiger partial charge in [0, 0.05) is 11.4 Å². The van der Waals surface area contributed by atoms with Crippen molar-refractivity contribution in [3.63, 3.8) is 0 Å². The molecule has 4 nitrogen and oxygen atoms in total. The Morgan fingerprint density at radius 2 is 1.62 bits per heavy atom. The smallest absolute Gasteiger partial charge is 0.228 e. The van der Waals surface area contributed by atoms with Crippen LogP contribution in [0.4, 0.5) is 15.8 Å². The molecule has 5 heteroatoms. The van der Waals surface area contributed by atoms with Crippen LogP contribution < -0.4 is 10.6 Å². The average molecular weight is 326 g/mol. The molecule has 0 heterocycles. The lowest BCUT2D eigenvalue weighted by Gasteiger charge is -2.09. The van der Waals surface area contributed by atoms with Crippen molar-refractivity contribution >= 4 is 23.2 Å². The second-order valence-corrected chi connectivity index (χ2v) is 5.94. The summed E-state index contributed by atoms with van der Waals surface area (Å²) in [6.07, 6.45) is 1.36. The maximum atomic E-state index is 12.9. The predicted molar refractivity (Wildman–Crippen MR) is 91.1 cm³/mol. The molecule has 1 fully saturated rings. The lowest BCUT2D eigenvalue weighted by atomic mass is 10.1. The SMILES string of the molecule is CCc1ccccc1NC(=O)C1CC1C(=O)Nc1ccc(F)cc1. The molecule has 0 aliphatic heterocycles. The zero-order valence-electron chi connectivity index (χ0n) is 13.4. The summed E-state index contributed by atoms with van der Waals surface area (Å²) in [6.45, 7) is 2.03. The summed E-state index contributed by atoms with van der Waals surface area (Å²) >= 11 is 0. The van der Waals surface area contributed by atoms with Crippen molar-refractivity contribution in [1.82, 2.24) is 0 Å². The summed E-state index contributed by atoms with van der Waals surface area (Å²) in [4.78, 5) is 24.5. The summed E-state index contributed by atoms with van der Waals surface area (Å²) < 4.78 is 12.9. The number of aryl methyl sites for hydroxylation is 1. The number of carbonyl (C=O) groups is 2. The molecule has 2 N–H and O–H groups in total. The van der Waals surface area contributed by atoms with E-state index >= 15 is 0 Å². The Bertz CT molecular complexity index is 758. The summed E-state index contributed by atoms with van der Waals surface area (Å²) in [6, 6.07) is 13.2. The van der Waals surface area contributed by atoms with Gasteiger partial charge in [0.1, 0.15) is 5.82 Å². The van der Waals surface area contributed by atoms with Crippen LogP contribution in [0.25, 0.3) is 0 Å². The monoisotopic (exact) mass is 326 g/mol. The maximum absolute atomic E-state index is 12.9. The summed E-state index contributed by atoms with van der Waals surface area (Å²) in [5.41, 5.74) is 2.40. The molecule has 2 aromatic rings. The first-order valence-electron chi connectivity index (χ1n) is 8.03. The standard InChI is InChI=1S/C19H19FN2O2/c1-2-12-5-3-4-6-17(12)22-19(24)16-11-15(16)18(23)21-14-9-7-13(20)8-10-14/h3-10,15-16H,2,11H2,1H3,(H,21,23)(H,22,24). The van der Waals surface area contributed by atoms with E-state index in [9.17, 15) is 14.0 Å². The van der Waals surface area contributed by atoms with E-state index in [1.807, 2.05) is 31.2 Å². The predicted octanol–water partition coefficient (Wildman–Crippen LogP) is 3.60. The van der Waals surface area contributed by atoms with Crippen molar-refractivity contribution in [3.8, 4) is 0 Å². The summed E-state index contributed by atoms with van der Waals surface area (Å²) in [5.74, 6) is -1.33. The molecule has 2 amide bonds. The van der Waals surface area contributed by atoms with Crippen LogP contribution in [0, 0.1) is 17.7 Å². The number of nitrogens with one attached hydrogen (secondary N) is 2. The summed E-state index contributed by atoms with van der Waals surface area (Å²) in [7, 11) is 0. The molecule has 124 valence electrons. The number of anilines is 2. The Morgan fingerprint density at radius 3 is 2.29 bits per heavy atom. The average Bonchev–Trinajstić information content (AvgIpc) is 3.38. The van der Waals surface area contributed by atoms with Crippen LogP contribution in [0.1, 0.15) is 18.9 Å². The highest BCUT2D eigenvalue weighted by atomic mass is 19.1. The molecule has 0 radical (unpaired) electrons. The fourth-order valence-electron chi connectivity index (χ4n) is 2.72. The minimum atomic E-state index is -0.355. The molecule has 0 saturated heterocycles. The van der Waals surface area contributed by atoms with Crippen molar-refractivity contribution in [2.24, 2.45) is 11.8 Å². The minimum absolute atomic E-state index is 0.129. The normalized spacial score (nSPS) is 18.8. The van der Waals surface area contributed by atoms with Crippen LogP contribution in [-0.2, 0) is 16.0 Å². The van der Waals surface area contributed by atoms with Gasteiger partial charge in [0.15, 0.2) is 0 Å². The molecule has 2 atom stereocenters. The highest BCUT2D eigenvalue weighted by Gasteiger charge is 2.48. The molecule has 2 unspecified atom stereocenters. The van der Waals surface area contributed by atoms with Crippen LogP contribution in [0.3, 0.4) is 0 Å². The van der Waals surface area contributed by atoms with Gasteiger partial charge in [-0.25, -0.2) is 4.39 Å². The summed E-state index contributed by atoms with van der Waals surface area (Å²) in [5, 5.41) is 5.63. The van der Waals surface area contributed by atoms with Gasteiger partial charge in [-0.1, -0.05) is 25.1 Å². The van der Waals surface area contributed by atoms with Gasteiger partial charge < -0.3 is 10.6 Å². The Hall–Kier alpha value is -2.69. The second-order valence-electron chi connectivity index (χ2n) is 5.94. The molecule has 3 rings (SSSR count). The first-order chi connectivity index (χ1) is 11.6. The Morgan fingerprint density at radius 1 is 1.00 bits per heavy atom. The highest BCUT2D eigenvalue weighted by molar-refractivity contribution is 6.03. The zero-order valence-corrected chi connectivity index (χ0v) is 13.4. The van der Waals surface area contributed by atoms with Crippen LogP contribution in [0.2, 0.25) is 0 Å². The molecule has 1 aliphatic carbocycles. The number of amides is 2. The van der Waals surface area contributed by atoms with Gasteiger partial charge in [-0.15, -0.1) is 0 Å². The van der Waals surface area contributed by atoms with E-state index in [1.54, 1.807) is 0 Å². The van der Waals surface area contributed by atoms with Crippen molar-refractivity contribution in [2.45, 2.75) is 19.8 Å². The van der Waals surface area contributed by atoms with Gasteiger partial charge in [-0.3, -0.25) is 9.59 Å². The van der Waals surface area contributed by atoms with Crippen LogP contribution in [0.5, 0.6) is 0 Å². The lowest BCUT2D eigenvalue weighted by molar-refractivity contribution is -0.122. The van der Waals surface area contributed by atoms with Crippen LogP contribution >= 0.6 is 0 Å². The fraction of sp³-hybridized carbons (Fsp3) is 0.263. The fourth-order valence-corrected chi connectivity index (χ4v) is 2.72. The Kier molecular flexibility index (Phi) is 4.60. The van der Waals surface area contributed by atoms with Crippen molar-refractivity contribution < 1.29 is 14.0 Å². The van der Waals surface area contributed by atoms with Gasteiger partial charge in [0.05, 0.1) is 11.8 Å². The van der Waals surface area contributed by atoms with Gasteiger partial charge in [0.25, 0.3) is 0 Å². The molecular formula is C19H19FN2O2. The van der Waals surface area contributed by atoms with E-state index in [-0.39, 0.29) is 29.5 Å². The molecule has 1 saturated carbocycles. The number of hydrogen-bond acceptors (Lipinski definition) is 2. The minimum Gasteiger partial charge on any atom is -0.326 e. The number of hydrogen-bond donors (Lipinski definition) is 2. The third-order valence-corrected chi connectivity index (χ3v) is 4.23. The van der Waals surface area contributed by atoms with E-state index in [2.05, 4.69) is 10.6 Å². The molecule has 24 heavy (non-hydrogen) atoms. The van der Waals surface area contributed by atoms with E-state index in [0.717, 1.165) is 17.7 Å². The van der Waals surface area contributed by atoms with E-state index in [4.69, 9.17) is 0 Å². The number of halogens is 1. The highest BCUT2D eigenvalue weighted by Crippen LogP contribution is 2.40. The molecular weight excluding hydrogens is 307 g/mol. The van der Waals surface area contributed by atoms with Gasteiger partial charge in [-0.2, -0.15) is 0 Å². The Balaban J connectivity index is 1.57. The second kappa shape index (κ2) is 6.83. The lowest BCUT2D eigenvalue weighted by Crippen LogP contribution is -2.21. The van der Waals surface area contributed by atoms with Crippen LogP contribution in [0.15, 0.2) is 48.5 Å². The number of carbonyl (C=O) groups excluding carboxylic acids is 2. The van der Waals surface area contributed by atoms with Gasteiger partial charge >= 0.3 is 0 Å². The first-order valence-corrected chi connectivity index (χ1v) is 8.03. The molecule has 0 spiro atoms.